The molecule has 0 heterocycles. The van der Waals surface area contributed by atoms with Crippen LogP contribution in [0.2, 0.25) is 5.02 Å². The third-order valence-electron chi connectivity index (χ3n) is 2.16. The van der Waals surface area contributed by atoms with Gasteiger partial charge in [-0.3, -0.25) is 10.2 Å². The Morgan fingerprint density at radius 2 is 2.29 bits per heavy atom. The summed E-state index contributed by atoms with van der Waals surface area (Å²) < 4.78 is 10.4. The number of benzene rings is 1. The van der Waals surface area contributed by atoms with Crippen LogP contribution in [0.15, 0.2) is 18.2 Å². The van der Waals surface area contributed by atoms with Crippen molar-refractivity contribution in [2.75, 3.05) is 13.7 Å². The Morgan fingerprint density at radius 3 is 2.82 bits per heavy atom. The number of hydrogen-bond donors (Lipinski definition) is 2. The van der Waals surface area contributed by atoms with Gasteiger partial charge in [-0.25, -0.2) is 5.84 Å². The van der Waals surface area contributed by atoms with E-state index in [1.807, 2.05) is 12.3 Å². The molecule has 0 aliphatic heterocycles. The van der Waals surface area contributed by atoms with Gasteiger partial charge in [0.15, 0.2) is 0 Å². The monoisotopic (exact) mass is 258 g/mol. The third kappa shape index (κ3) is 3.89. The first kappa shape index (κ1) is 13.8. The van der Waals surface area contributed by atoms with E-state index in [0.717, 1.165) is 5.56 Å². The molecule has 3 N–H and O–H groups in total. The summed E-state index contributed by atoms with van der Waals surface area (Å²) in [4.78, 5) is 11.4. The molecule has 6 heteroatoms. The second-order valence-corrected chi connectivity index (χ2v) is 3.92. The van der Waals surface area contributed by atoms with E-state index in [0.29, 0.717) is 10.8 Å². The minimum Gasteiger partial charge on any atom is -0.478 e. The van der Waals surface area contributed by atoms with Crippen molar-refractivity contribution in [3.63, 3.8) is 0 Å². The summed E-state index contributed by atoms with van der Waals surface area (Å²) in [7, 11) is 1.48. The molecule has 1 rings (SSSR count). The van der Waals surface area contributed by atoms with Crippen molar-refractivity contribution in [2.45, 2.75) is 13.0 Å². The zero-order chi connectivity index (χ0) is 12.8. The van der Waals surface area contributed by atoms with E-state index in [4.69, 9.17) is 26.9 Å². The fourth-order valence-corrected chi connectivity index (χ4v) is 1.53. The van der Waals surface area contributed by atoms with Crippen LogP contribution in [0.25, 0.3) is 0 Å². The molecule has 0 fully saturated rings. The molecule has 1 unspecified atom stereocenters. The van der Waals surface area contributed by atoms with E-state index >= 15 is 0 Å². The van der Waals surface area contributed by atoms with Crippen LogP contribution in [0.4, 0.5) is 0 Å². The number of amides is 1. The molecule has 94 valence electrons. The first-order chi connectivity index (χ1) is 8.08. The maximum atomic E-state index is 11.4. The van der Waals surface area contributed by atoms with Crippen LogP contribution in [0.5, 0.6) is 5.75 Å². The van der Waals surface area contributed by atoms with Crippen LogP contribution in [0.1, 0.15) is 5.56 Å². The number of nitrogens with one attached hydrogen (secondary N) is 1. The van der Waals surface area contributed by atoms with Crippen LogP contribution < -0.4 is 16.0 Å². The van der Waals surface area contributed by atoms with Crippen molar-refractivity contribution in [1.29, 1.82) is 0 Å². The van der Waals surface area contributed by atoms with E-state index < -0.39 is 12.0 Å². The molecule has 0 aromatic heterocycles. The van der Waals surface area contributed by atoms with Gasteiger partial charge in [0.1, 0.15) is 5.75 Å². The van der Waals surface area contributed by atoms with Crippen molar-refractivity contribution >= 4 is 17.5 Å². The van der Waals surface area contributed by atoms with E-state index in [-0.39, 0.29) is 6.61 Å². The molecular formula is C11H15ClN2O3. The van der Waals surface area contributed by atoms with Gasteiger partial charge in [0.2, 0.25) is 6.10 Å². The normalized spacial score (nSPS) is 12.0. The fourth-order valence-electron chi connectivity index (χ4n) is 1.31. The van der Waals surface area contributed by atoms with Gasteiger partial charge < -0.3 is 9.47 Å². The highest BCUT2D eigenvalue weighted by Crippen LogP contribution is 2.22. The zero-order valence-electron chi connectivity index (χ0n) is 9.70. The quantitative estimate of drug-likeness (QED) is 0.470. The summed E-state index contributed by atoms with van der Waals surface area (Å²) in [5.74, 6) is 5.19. The molecule has 5 nitrogen and oxygen atoms in total. The van der Waals surface area contributed by atoms with Crippen LogP contribution in [-0.2, 0) is 9.53 Å². The lowest BCUT2D eigenvalue weighted by Gasteiger charge is -2.18. The maximum Gasteiger partial charge on any atom is 0.277 e. The molecule has 17 heavy (non-hydrogen) atoms. The van der Waals surface area contributed by atoms with Crippen molar-refractivity contribution in [2.24, 2.45) is 5.84 Å². The maximum absolute atomic E-state index is 11.4. The number of carbonyl (C=O) groups is 1. The molecule has 0 aliphatic rings. The summed E-state index contributed by atoms with van der Waals surface area (Å²) in [5, 5.41) is 0.612. The molecule has 0 saturated carbocycles. The number of carbonyl (C=O) groups excluding carboxylic acids is 1. The predicted octanol–water partition coefficient (Wildman–Crippen LogP) is 1.03. The Morgan fingerprint density at radius 1 is 1.59 bits per heavy atom. The smallest absolute Gasteiger partial charge is 0.277 e. The van der Waals surface area contributed by atoms with Gasteiger partial charge in [-0.2, -0.15) is 0 Å². The first-order valence-electron chi connectivity index (χ1n) is 5.00. The molecule has 0 radical (unpaired) electrons. The van der Waals surface area contributed by atoms with E-state index in [1.165, 1.54) is 7.11 Å². The lowest BCUT2D eigenvalue weighted by molar-refractivity contribution is -0.130. The van der Waals surface area contributed by atoms with Crippen LogP contribution in [0.3, 0.4) is 0 Å². The van der Waals surface area contributed by atoms with Gasteiger partial charge in [-0.1, -0.05) is 11.6 Å². The van der Waals surface area contributed by atoms with E-state index in [9.17, 15) is 4.79 Å². The molecular weight excluding hydrogens is 244 g/mol. The molecule has 0 spiro atoms. The highest BCUT2D eigenvalue weighted by atomic mass is 35.5. The molecule has 1 amide bonds. The van der Waals surface area contributed by atoms with E-state index in [2.05, 4.69) is 0 Å². The van der Waals surface area contributed by atoms with Gasteiger partial charge in [-0.15, -0.1) is 0 Å². The van der Waals surface area contributed by atoms with Crippen molar-refractivity contribution < 1.29 is 14.3 Å². The first-order valence-corrected chi connectivity index (χ1v) is 5.38. The molecule has 0 bridgehead atoms. The number of rotatable bonds is 5. The number of ether oxygens (including phenoxy) is 2. The van der Waals surface area contributed by atoms with Gasteiger partial charge in [0.05, 0.1) is 6.61 Å². The number of nitrogens with two attached hydrogens (primary N) is 1. The topological polar surface area (TPSA) is 73.6 Å². The Kier molecular flexibility index (Phi) is 5.21. The molecule has 1 aromatic carbocycles. The van der Waals surface area contributed by atoms with Crippen LogP contribution >= 0.6 is 11.6 Å². The zero-order valence-corrected chi connectivity index (χ0v) is 10.5. The van der Waals surface area contributed by atoms with Crippen molar-refractivity contribution in [3.8, 4) is 5.75 Å². The average Bonchev–Trinajstić information content (AvgIpc) is 2.30. The summed E-state index contributed by atoms with van der Waals surface area (Å²) >= 11 is 5.82. The lowest BCUT2D eigenvalue weighted by Crippen LogP contribution is -2.44. The van der Waals surface area contributed by atoms with Gasteiger partial charge in [0, 0.05) is 12.1 Å². The van der Waals surface area contributed by atoms with Gasteiger partial charge in [-0.05, 0) is 30.7 Å². The number of hydrogen-bond acceptors (Lipinski definition) is 4. The van der Waals surface area contributed by atoms with Crippen LogP contribution in [-0.4, -0.2) is 25.7 Å². The Labute approximate surface area is 105 Å². The highest BCUT2D eigenvalue weighted by Gasteiger charge is 2.20. The summed E-state index contributed by atoms with van der Waals surface area (Å²) in [6.07, 6.45) is -0.787. The summed E-state index contributed by atoms with van der Waals surface area (Å²) in [5.41, 5.74) is 2.87. The lowest BCUT2D eigenvalue weighted by atomic mass is 10.2. The Hall–Kier alpha value is -1.30. The van der Waals surface area contributed by atoms with Gasteiger partial charge in [0.25, 0.3) is 5.91 Å². The molecule has 0 saturated heterocycles. The number of halogens is 1. The van der Waals surface area contributed by atoms with Crippen LogP contribution in [0, 0.1) is 6.92 Å². The standard InChI is InChI=1S/C11H15ClN2O3/c1-7-5-8(12)3-4-9(7)17-10(6-16-2)11(15)14-13/h3-5,10H,6,13H2,1-2H3,(H,14,15). The Bertz CT molecular complexity index is 398. The molecule has 1 atom stereocenters. The fraction of sp³-hybridized carbons (Fsp3) is 0.364. The summed E-state index contributed by atoms with van der Waals surface area (Å²) in [6.45, 7) is 1.95. The average molecular weight is 259 g/mol. The molecule has 0 aliphatic carbocycles. The number of hydrazine groups is 1. The van der Waals surface area contributed by atoms with Crippen molar-refractivity contribution in [3.05, 3.63) is 28.8 Å². The largest absolute Gasteiger partial charge is 0.478 e. The second kappa shape index (κ2) is 6.44. The van der Waals surface area contributed by atoms with Crippen molar-refractivity contribution in [1.82, 2.24) is 5.43 Å². The number of methoxy groups -OCH3 is 1. The highest BCUT2D eigenvalue weighted by molar-refractivity contribution is 6.30. The van der Waals surface area contributed by atoms with Gasteiger partial charge >= 0.3 is 0 Å². The third-order valence-corrected chi connectivity index (χ3v) is 2.39. The second-order valence-electron chi connectivity index (χ2n) is 3.48. The SMILES string of the molecule is COCC(Oc1ccc(Cl)cc1C)C(=O)NN. The number of aryl methyl sites for hydroxylation is 1. The van der Waals surface area contributed by atoms with E-state index in [1.54, 1.807) is 18.2 Å². The summed E-state index contributed by atoms with van der Waals surface area (Å²) in [6, 6.07) is 5.14. The molecule has 1 aromatic rings. The predicted molar refractivity (Wildman–Crippen MR) is 64.8 cm³/mol. The minimum atomic E-state index is -0.787. The minimum absolute atomic E-state index is 0.116. The Balaban J connectivity index is 2.82.